The van der Waals surface area contributed by atoms with Gasteiger partial charge in [0, 0.05) is 12.1 Å². The molecule has 1 atom stereocenters. The van der Waals surface area contributed by atoms with Crippen LogP contribution in [0.1, 0.15) is 18.5 Å². The summed E-state index contributed by atoms with van der Waals surface area (Å²) in [5.74, 6) is -0.594. The van der Waals surface area contributed by atoms with Crippen molar-refractivity contribution in [3.63, 3.8) is 0 Å². The van der Waals surface area contributed by atoms with E-state index in [-0.39, 0.29) is 12.3 Å². The molecular weight excluding hydrogens is 212 g/mol. The second-order valence-corrected chi connectivity index (χ2v) is 3.08. The molecule has 6 heteroatoms. The Morgan fingerprint density at radius 3 is 2.88 bits per heavy atom. The van der Waals surface area contributed by atoms with Crippen LogP contribution in [-0.2, 0) is 9.53 Å². The standard InChI is InChI=1S/C10H12N2O4/c1-2-16-10(13)9(11)7-4-3-5-8(6-7)12(14)15/h3-6,9H,2,11H2,1H3/t9-/m0/s1. The fourth-order valence-electron chi connectivity index (χ4n) is 1.20. The molecular formula is C10H12N2O4. The molecule has 0 radical (unpaired) electrons. The minimum absolute atomic E-state index is 0.0998. The molecule has 0 aliphatic heterocycles. The Morgan fingerprint density at radius 2 is 2.31 bits per heavy atom. The van der Waals surface area contributed by atoms with Crippen LogP contribution < -0.4 is 5.73 Å². The van der Waals surface area contributed by atoms with Crippen molar-refractivity contribution < 1.29 is 14.5 Å². The molecule has 0 unspecified atom stereocenters. The number of nitro benzene ring substituents is 1. The number of nitrogens with zero attached hydrogens (tertiary/aromatic N) is 1. The van der Waals surface area contributed by atoms with Crippen molar-refractivity contribution in [2.24, 2.45) is 5.73 Å². The highest BCUT2D eigenvalue weighted by Crippen LogP contribution is 2.18. The van der Waals surface area contributed by atoms with Gasteiger partial charge in [-0.2, -0.15) is 0 Å². The zero-order chi connectivity index (χ0) is 12.1. The van der Waals surface area contributed by atoms with E-state index in [9.17, 15) is 14.9 Å². The monoisotopic (exact) mass is 224 g/mol. The molecule has 0 saturated carbocycles. The van der Waals surface area contributed by atoms with Crippen molar-refractivity contribution in [3.8, 4) is 0 Å². The molecule has 0 amide bonds. The van der Waals surface area contributed by atoms with Gasteiger partial charge in [-0.05, 0) is 12.5 Å². The Morgan fingerprint density at radius 1 is 1.62 bits per heavy atom. The Kier molecular flexibility index (Phi) is 3.96. The molecule has 6 nitrogen and oxygen atoms in total. The van der Waals surface area contributed by atoms with E-state index in [1.54, 1.807) is 13.0 Å². The number of nitrogens with two attached hydrogens (primary N) is 1. The highest BCUT2D eigenvalue weighted by atomic mass is 16.6. The van der Waals surface area contributed by atoms with E-state index in [4.69, 9.17) is 10.5 Å². The van der Waals surface area contributed by atoms with E-state index in [1.165, 1.54) is 18.2 Å². The van der Waals surface area contributed by atoms with E-state index in [1.807, 2.05) is 0 Å². The van der Waals surface area contributed by atoms with Crippen LogP contribution in [0.5, 0.6) is 0 Å². The van der Waals surface area contributed by atoms with Gasteiger partial charge in [-0.3, -0.25) is 10.1 Å². The molecule has 1 aromatic rings. The summed E-state index contributed by atoms with van der Waals surface area (Å²) < 4.78 is 4.72. The summed E-state index contributed by atoms with van der Waals surface area (Å²) in [5, 5.41) is 10.5. The summed E-state index contributed by atoms with van der Waals surface area (Å²) >= 11 is 0. The smallest absolute Gasteiger partial charge is 0.327 e. The maximum atomic E-state index is 11.3. The lowest BCUT2D eigenvalue weighted by molar-refractivity contribution is -0.384. The van der Waals surface area contributed by atoms with Gasteiger partial charge in [0.2, 0.25) is 0 Å². The topological polar surface area (TPSA) is 95.5 Å². The predicted octanol–water partition coefficient (Wildman–Crippen LogP) is 1.16. The third kappa shape index (κ3) is 2.77. The van der Waals surface area contributed by atoms with Crippen molar-refractivity contribution in [1.82, 2.24) is 0 Å². The van der Waals surface area contributed by atoms with Gasteiger partial charge in [-0.1, -0.05) is 12.1 Å². The third-order valence-electron chi connectivity index (χ3n) is 1.98. The lowest BCUT2D eigenvalue weighted by atomic mass is 10.1. The van der Waals surface area contributed by atoms with Crippen molar-refractivity contribution in [1.29, 1.82) is 0 Å². The Labute approximate surface area is 92.2 Å². The van der Waals surface area contributed by atoms with Crippen LogP contribution in [0.25, 0.3) is 0 Å². The average molecular weight is 224 g/mol. The van der Waals surface area contributed by atoms with Crippen LogP contribution in [0, 0.1) is 10.1 Å². The van der Waals surface area contributed by atoms with Crippen molar-refractivity contribution in [2.45, 2.75) is 13.0 Å². The second kappa shape index (κ2) is 5.22. The van der Waals surface area contributed by atoms with Gasteiger partial charge < -0.3 is 10.5 Å². The van der Waals surface area contributed by atoms with Crippen LogP contribution in [0.15, 0.2) is 24.3 Å². The van der Waals surface area contributed by atoms with Crippen LogP contribution in [-0.4, -0.2) is 17.5 Å². The minimum Gasteiger partial charge on any atom is -0.465 e. The largest absolute Gasteiger partial charge is 0.465 e. The number of non-ortho nitro benzene ring substituents is 1. The van der Waals surface area contributed by atoms with Crippen LogP contribution >= 0.6 is 0 Å². The number of hydrogen-bond donors (Lipinski definition) is 1. The average Bonchev–Trinajstić information content (AvgIpc) is 2.28. The summed E-state index contributed by atoms with van der Waals surface area (Å²) in [5.41, 5.74) is 5.86. The fraction of sp³-hybridized carbons (Fsp3) is 0.300. The lowest BCUT2D eigenvalue weighted by Crippen LogP contribution is -2.23. The molecule has 0 fully saturated rings. The van der Waals surface area contributed by atoms with Gasteiger partial charge in [0.15, 0.2) is 0 Å². The molecule has 86 valence electrons. The summed E-state index contributed by atoms with van der Waals surface area (Å²) in [6, 6.07) is 4.64. The van der Waals surface area contributed by atoms with Crippen molar-refractivity contribution in [2.75, 3.05) is 6.61 Å². The van der Waals surface area contributed by atoms with E-state index in [0.29, 0.717) is 5.56 Å². The summed E-state index contributed by atoms with van der Waals surface area (Å²) in [7, 11) is 0. The number of ether oxygens (including phenoxy) is 1. The molecule has 0 saturated heterocycles. The van der Waals surface area contributed by atoms with Gasteiger partial charge in [0.05, 0.1) is 11.5 Å². The molecule has 1 rings (SSSR count). The quantitative estimate of drug-likeness (QED) is 0.470. The fourth-order valence-corrected chi connectivity index (χ4v) is 1.20. The first-order valence-corrected chi connectivity index (χ1v) is 4.72. The molecule has 16 heavy (non-hydrogen) atoms. The van der Waals surface area contributed by atoms with Crippen molar-refractivity contribution in [3.05, 3.63) is 39.9 Å². The van der Waals surface area contributed by atoms with Crippen LogP contribution in [0.3, 0.4) is 0 Å². The number of nitro groups is 1. The summed E-state index contributed by atoms with van der Waals surface area (Å²) in [6.45, 7) is 1.89. The van der Waals surface area contributed by atoms with Gasteiger partial charge in [0.1, 0.15) is 6.04 Å². The zero-order valence-corrected chi connectivity index (χ0v) is 8.75. The first-order chi connectivity index (χ1) is 7.56. The van der Waals surface area contributed by atoms with Crippen LogP contribution in [0.4, 0.5) is 5.69 Å². The first kappa shape index (κ1) is 12.1. The van der Waals surface area contributed by atoms with E-state index < -0.39 is 16.9 Å². The summed E-state index contributed by atoms with van der Waals surface area (Å²) in [6.07, 6.45) is 0. The van der Waals surface area contributed by atoms with Crippen LogP contribution in [0.2, 0.25) is 0 Å². The molecule has 0 bridgehead atoms. The lowest BCUT2D eigenvalue weighted by Gasteiger charge is -2.10. The van der Waals surface area contributed by atoms with Gasteiger partial charge in [0.25, 0.3) is 5.69 Å². The van der Waals surface area contributed by atoms with Gasteiger partial charge >= 0.3 is 5.97 Å². The molecule has 1 aromatic carbocycles. The van der Waals surface area contributed by atoms with Gasteiger partial charge in [-0.25, -0.2) is 4.79 Å². The van der Waals surface area contributed by atoms with Gasteiger partial charge in [-0.15, -0.1) is 0 Å². The number of hydrogen-bond acceptors (Lipinski definition) is 5. The number of esters is 1. The van der Waals surface area contributed by atoms with E-state index >= 15 is 0 Å². The number of carbonyl (C=O) groups is 1. The van der Waals surface area contributed by atoms with Crippen molar-refractivity contribution >= 4 is 11.7 Å². The second-order valence-electron chi connectivity index (χ2n) is 3.08. The van der Waals surface area contributed by atoms with E-state index in [0.717, 1.165) is 0 Å². The molecule has 0 aliphatic carbocycles. The SMILES string of the molecule is CCOC(=O)[C@@H](N)c1cccc([N+](=O)[O-])c1. The normalized spacial score (nSPS) is 11.9. The Hall–Kier alpha value is -1.95. The first-order valence-electron chi connectivity index (χ1n) is 4.72. The number of rotatable bonds is 4. The molecule has 2 N–H and O–H groups in total. The predicted molar refractivity (Wildman–Crippen MR) is 56.7 cm³/mol. The maximum Gasteiger partial charge on any atom is 0.327 e. The molecule has 0 heterocycles. The summed E-state index contributed by atoms with van der Waals surface area (Å²) in [4.78, 5) is 21.3. The third-order valence-corrected chi connectivity index (χ3v) is 1.98. The highest BCUT2D eigenvalue weighted by Gasteiger charge is 2.18. The molecule has 0 aliphatic rings. The molecule has 0 spiro atoms. The minimum atomic E-state index is -0.986. The number of carbonyl (C=O) groups excluding carboxylic acids is 1. The highest BCUT2D eigenvalue weighted by molar-refractivity contribution is 5.77. The molecule has 0 aromatic heterocycles. The zero-order valence-electron chi connectivity index (χ0n) is 8.75. The van der Waals surface area contributed by atoms with E-state index in [2.05, 4.69) is 0 Å². The maximum absolute atomic E-state index is 11.3. The Balaban J connectivity index is 2.91. The Bertz CT molecular complexity index is 406. The number of benzene rings is 1.